The maximum Gasteiger partial charge on any atom is 0.418 e. The number of carbonyl (C=O) groups excluding carboxylic acids is 2. The van der Waals surface area contributed by atoms with Gasteiger partial charge >= 0.3 is 18.1 Å². The van der Waals surface area contributed by atoms with E-state index in [1.807, 2.05) is 0 Å². The number of non-ortho nitro benzene ring substituents is 1. The molecule has 0 saturated carbocycles. The first-order chi connectivity index (χ1) is 12.6. The number of hydrogen-bond acceptors (Lipinski definition) is 8. The minimum absolute atomic E-state index is 0.330. The summed E-state index contributed by atoms with van der Waals surface area (Å²) >= 11 is 0. The fraction of sp³-hybridized carbons (Fsp3) is 0.333. The summed E-state index contributed by atoms with van der Waals surface area (Å²) in [5.74, 6) is -2.08. The first-order valence-corrected chi connectivity index (χ1v) is 7.22. The number of anilines is 1. The smallest absolute Gasteiger partial charge is 0.418 e. The van der Waals surface area contributed by atoms with Gasteiger partial charge < -0.3 is 19.1 Å². The van der Waals surface area contributed by atoms with E-state index in [1.54, 1.807) is 0 Å². The molecule has 0 aromatic heterocycles. The highest BCUT2D eigenvalue weighted by Crippen LogP contribution is 2.41. The molecular formula is C15H13F3N2O7. The third kappa shape index (κ3) is 4.00. The highest BCUT2D eigenvalue weighted by atomic mass is 19.4. The normalized spacial score (nSPS) is 14.8. The zero-order chi connectivity index (χ0) is 20.4. The van der Waals surface area contributed by atoms with E-state index in [4.69, 9.17) is 4.74 Å². The molecule has 0 radical (unpaired) electrons. The Bertz CT molecular complexity index is 820. The second-order valence-electron chi connectivity index (χ2n) is 5.17. The van der Waals surface area contributed by atoms with Crippen molar-refractivity contribution in [3.05, 3.63) is 45.1 Å². The van der Waals surface area contributed by atoms with Crippen LogP contribution in [0.15, 0.2) is 29.5 Å². The number of nitro groups is 1. The monoisotopic (exact) mass is 390 g/mol. The molecule has 0 saturated heterocycles. The molecular weight excluding hydrogens is 377 g/mol. The molecule has 1 aromatic rings. The molecule has 2 rings (SSSR count). The van der Waals surface area contributed by atoms with Crippen molar-refractivity contribution in [1.82, 2.24) is 0 Å². The number of carbonyl (C=O) groups is 2. The molecule has 1 heterocycles. The van der Waals surface area contributed by atoms with Crippen LogP contribution in [0.2, 0.25) is 0 Å². The second kappa shape index (κ2) is 7.61. The molecule has 27 heavy (non-hydrogen) atoms. The van der Waals surface area contributed by atoms with E-state index in [0.29, 0.717) is 6.07 Å². The summed E-state index contributed by atoms with van der Waals surface area (Å²) in [4.78, 5) is 34.6. The number of halogens is 3. The van der Waals surface area contributed by atoms with Crippen molar-refractivity contribution in [2.24, 2.45) is 0 Å². The predicted molar refractivity (Wildman–Crippen MR) is 82.5 cm³/mol. The summed E-state index contributed by atoms with van der Waals surface area (Å²) in [6, 6.07) is 1.98. The fourth-order valence-electron chi connectivity index (χ4n) is 2.43. The Morgan fingerprint density at radius 1 is 1.22 bits per heavy atom. The van der Waals surface area contributed by atoms with Crippen molar-refractivity contribution >= 4 is 23.3 Å². The second-order valence-corrected chi connectivity index (χ2v) is 5.17. The van der Waals surface area contributed by atoms with Crippen LogP contribution >= 0.6 is 0 Å². The average molecular weight is 390 g/mol. The van der Waals surface area contributed by atoms with Crippen molar-refractivity contribution in [2.75, 3.05) is 32.5 Å². The fourth-order valence-corrected chi connectivity index (χ4v) is 2.43. The van der Waals surface area contributed by atoms with Crippen LogP contribution in [0.5, 0.6) is 0 Å². The van der Waals surface area contributed by atoms with Crippen LogP contribution in [0.4, 0.5) is 24.5 Å². The van der Waals surface area contributed by atoms with E-state index >= 15 is 0 Å². The van der Waals surface area contributed by atoms with Crippen molar-refractivity contribution in [3.63, 3.8) is 0 Å². The largest absolute Gasteiger partial charge is 0.466 e. The van der Waals surface area contributed by atoms with E-state index in [1.165, 1.54) is 0 Å². The molecule has 1 aliphatic rings. The maximum atomic E-state index is 13.5. The molecule has 1 aromatic carbocycles. The topological polar surface area (TPSA) is 108 Å². The van der Waals surface area contributed by atoms with Gasteiger partial charge in [0.1, 0.15) is 12.4 Å². The van der Waals surface area contributed by atoms with Gasteiger partial charge in [-0.3, -0.25) is 10.1 Å². The molecule has 0 unspecified atom stereocenters. The minimum atomic E-state index is -4.98. The number of alkyl halides is 3. The first-order valence-electron chi connectivity index (χ1n) is 7.22. The van der Waals surface area contributed by atoms with Gasteiger partial charge in [0, 0.05) is 12.1 Å². The molecule has 0 spiro atoms. The molecule has 0 fully saturated rings. The molecule has 12 heteroatoms. The van der Waals surface area contributed by atoms with Crippen LogP contribution in [0, 0.1) is 10.1 Å². The highest BCUT2D eigenvalue weighted by Gasteiger charge is 2.40. The van der Waals surface area contributed by atoms with Gasteiger partial charge in [0.2, 0.25) is 0 Å². The van der Waals surface area contributed by atoms with Gasteiger partial charge in [0.05, 0.1) is 42.6 Å². The number of rotatable bonds is 4. The number of nitrogens with zero attached hydrogens (tertiary/aromatic N) is 2. The van der Waals surface area contributed by atoms with Crippen LogP contribution in [-0.4, -0.2) is 44.4 Å². The van der Waals surface area contributed by atoms with E-state index in [-0.39, 0.29) is 12.2 Å². The molecule has 0 amide bonds. The predicted octanol–water partition coefficient (Wildman–Crippen LogP) is 2.01. The Balaban J connectivity index is 2.72. The van der Waals surface area contributed by atoms with Crippen LogP contribution in [0.3, 0.4) is 0 Å². The average Bonchev–Trinajstić information content (AvgIpc) is 2.64. The van der Waals surface area contributed by atoms with Crippen molar-refractivity contribution in [1.29, 1.82) is 0 Å². The Kier molecular flexibility index (Phi) is 5.69. The number of methoxy groups -OCH3 is 2. The number of hydrogen-bond donors (Lipinski definition) is 0. The zero-order valence-electron chi connectivity index (χ0n) is 14.0. The molecule has 0 aliphatic carbocycles. The number of benzene rings is 1. The van der Waals surface area contributed by atoms with Gasteiger partial charge in [-0.15, -0.1) is 0 Å². The summed E-state index contributed by atoms with van der Waals surface area (Å²) in [5.41, 5.74) is -3.64. The van der Waals surface area contributed by atoms with Gasteiger partial charge in [-0.05, 0) is 6.07 Å². The minimum Gasteiger partial charge on any atom is -0.466 e. The Morgan fingerprint density at radius 3 is 2.37 bits per heavy atom. The third-order valence-electron chi connectivity index (χ3n) is 3.62. The van der Waals surface area contributed by atoms with E-state index < -0.39 is 52.4 Å². The van der Waals surface area contributed by atoms with E-state index in [9.17, 15) is 32.9 Å². The lowest BCUT2D eigenvalue weighted by Gasteiger charge is -2.32. The van der Waals surface area contributed by atoms with Crippen LogP contribution in [0.25, 0.3) is 0 Å². The van der Waals surface area contributed by atoms with E-state index in [2.05, 4.69) is 9.47 Å². The lowest BCUT2D eigenvalue weighted by Crippen LogP contribution is -2.39. The lowest BCUT2D eigenvalue weighted by atomic mass is 10.1. The number of esters is 2. The summed E-state index contributed by atoms with van der Waals surface area (Å²) in [6.07, 6.45) is -4.98. The zero-order valence-corrected chi connectivity index (χ0v) is 14.0. The molecule has 0 atom stereocenters. The van der Waals surface area contributed by atoms with Crippen LogP contribution in [0.1, 0.15) is 5.56 Å². The van der Waals surface area contributed by atoms with Gasteiger partial charge in [0.15, 0.2) is 0 Å². The first kappa shape index (κ1) is 20.2. The highest BCUT2D eigenvalue weighted by molar-refractivity contribution is 6.03. The number of nitro benzene ring substituents is 1. The van der Waals surface area contributed by atoms with Gasteiger partial charge in [0.25, 0.3) is 5.69 Å². The van der Waals surface area contributed by atoms with Crippen molar-refractivity contribution in [2.45, 2.75) is 6.18 Å². The summed E-state index contributed by atoms with van der Waals surface area (Å²) < 4.78 is 54.6. The molecule has 9 nitrogen and oxygen atoms in total. The lowest BCUT2D eigenvalue weighted by molar-refractivity contribution is -0.385. The molecule has 0 N–H and O–H groups in total. The molecule has 0 bridgehead atoms. The molecule has 1 aliphatic heterocycles. The Labute approximate surface area is 150 Å². The van der Waals surface area contributed by atoms with Gasteiger partial charge in [-0.2, -0.15) is 13.2 Å². The maximum absolute atomic E-state index is 13.5. The van der Waals surface area contributed by atoms with E-state index in [0.717, 1.165) is 31.3 Å². The van der Waals surface area contributed by atoms with Gasteiger partial charge in [-0.1, -0.05) is 0 Å². The van der Waals surface area contributed by atoms with Crippen LogP contribution in [-0.2, 0) is 30.0 Å². The summed E-state index contributed by atoms with van der Waals surface area (Å²) in [7, 11) is 2.01. The summed E-state index contributed by atoms with van der Waals surface area (Å²) in [6.45, 7) is -0.909. The van der Waals surface area contributed by atoms with Crippen molar-refractivity contribution in [3.8, 4) is 0 Å². The Hall–Kier alpha value is -3.15. The van der Waals surface area contributed by atoms with Crippen LogP contribution < -0.4 is 4.90 Å². The SMILES string of the molecule is COC(=O)C1=C(C(=O)OC)N(c2ccc([N+](=O)[O-])cc2C(F)(F)F)COC1. The standard InChI is InChI=1S/C15H13F3N2O7/c1-25-13(21)9-6-27-7-19(12(9)14(22)26-2)11-4-3-8(20(23)24)5-10(11)15(16,17)18/h3-5H,6-7H2,1-2H3. The van der Waals surface area contributed by atoms with Crippen molar-refractivity contribution < 1.29 is 41.9 Å². The Morgan fingerprint density at radius 2 is 1.85 bits per heavy atom. The van der Waals surface area contributed by atoms with Gasteiger partial charge in [-0.25, -0.2) is 9.59 Å². The number of ether oxygens (including phenoxy) is 3. The summed E-state index contributed by atoms with van der Waals surface area (Å²) in [5, 5.41) is 10.8. The quantitative estimate of drug-likeness (QED) is 0.436. The third-order valence-corrected chi connectivity index (χ3v) is 3.62. The molecule has 146 valence electrons.